The summed E-state index contributed by atoms with van der Waals surface area (Å²) in [4.78, 5) is 8.93. The second kappa shape index (κ2) is 6.33. The van der Waals surface area contributed by atoms with Gasteiger partial charge in [0.2, 0.25) is 0 Å². The lowest BCUT2D eigenvalue weighted by Crippen LogP contribution is -2.23. The summed E-state index contributed by atoms with van der Waals surface area (Å²) in [5, 5.41) is 5.86. The molecule has 0 spiro atoms. The summed E-state index contributed by atoms with van der Waals surface area (Å²) in [6, 6.07) is 12.3. The number of hydrogen-bond donors (Lipinski definition) is 1. The number of aromatic nitrogens is 2. The van der Waals surface area contributed by atoms with Crippen LogP contribution in [0.15, 0.2) is 59.5 Å². The second-order valence-corrected chi connectivity index (χ2v) is 5.67. The van der Waals surface area contributed by atoms with Crippen LogP contribution in [0.3, 0.4) is 0 Å². The van der Waals surface area contributed by atoms with E-state index in [1.807, 2.05) is 36.8 Å². The fourth-order valence-electron chi connectivity index (χ4n) is 2.54. The minimum Gasteiger partial charge on any atom is -0.305 e. The zero-order valence-corrected chi connectivity index (χ0v) is 13.3. The molecular weight excluding hydrogens is 326 g/mol. The zero-order valence-electron chi connectivity index (χ0n) is 11.8. The predicted octanol–water partition coefficient (Wildman–Crippen LogP) is 4.09. The van der Waals surface area contributed by atoms with Crippen LogP contribution in [-0.4, -0.2) is 16.5 Å². The summed E-state index contributed by atoms with van der Waals surface area (Å²) in [5.74, 6) is 0. The van der Waals surface area contributed by atoms with Crippen LogP contribution in [-0.2, 0) is 0 Å². The molecule has 0 aliphatic carbocycles. The molecule has 2 aromatic heterocycles. The van der Waals surface area contributed by atoms with Gasteiger partial charge in [-0.15, -0.1) is 0 Å². The normalized spacial score (nSPS) is 12.5. The summed E-state index contributed by atoms with van der Waals surface area (Å²) in [5.41, 5.74) is 2.13. The van der Waals surface area contributed by atoms with Crippen LogP contribution in [0.2, 0.25) is 0 Å². The van der Waals surface area contributed by atoms with Crippen molar-refractivity contribution in [1.82, 2.24) is 15.3 Å². The van der Waals surface area contributed by atoms with Crippen molar-refractivity contribution >= 4 is 26.7 Å². The molecule has 3 aromatic rings. The Bertz CT molecular complexity index is 752. The van der Waals surface area contributed by atoms with Crippen molar-refractivity contribution in [3.63, 3.8) is 0 Å². The highest BCUT2D eigenvalue weighted by atomic mass is 79.9. The van der Waals surface area contributed by atoms with Crippen LogP contribution < -0.4 is 5.32 Å². The van der Waals surface area contributed by atoms with Crippen molar-refractivity contribution < 1.29 is 0 Å². The molecule has 3 nitrogen and oxygen atoms in total. The first kappa shape index (κ1) is 14.2. The monoisotopic (exact) mass is 341 g/mol. The Kier molecular flexibility index (Phi) is 4.27. The first-order valence-corrected chi connectivity index (χ1v) is 7.77. The maximum absolute atomic E-state index is 4.54. The third-order valence-electron chi connectivity index (χ3n) is 3.48. The molecule has 0 radical (unpaired) electrons. The van der Waals surface area contributed by atoms with Crippen molar-refractivity contribution in [3.05, 3.63) is 70.7 Å². The lowest BCUT2D eigenvalue weighted by molar-refractivity contribution is 0.615. The van der Waals surface area contributed by atoms with E-state index in [4.69, 9.17) is 0 Å². The third kappa shape index (κ3) is 2.82. The van der Waals surface area contributed by atoms with Crippen LogP contribution in [0.5, 0.6) is 0 Å². The molecule has 21 heavy (non-hydrogen) atoms. The largest absolute Gasteiger partial charge is 0.305 e. The van der Waals surface area contributed by atoms with Gasteiger partial charge < -0.3 is 5.32 Å². The molecule has 4 heteroatoms. The molecule has 0 saturated heterocycles. The van der Waals surface area contributed by atoms with E-state index in [-0.39, 0.29) is 6.04 Å². The van der Waals surface area contributed by atoms with Crippen LogP contribution in [0.1, 0.15) is 24.2 Å². The van der Waals surface area contributed by atoms with Crippen molar-refractivity contribution in [2.24, 2.45) is 0 Å². The summed E-state index contributed by atoms with van der Waals surface area (Å²) in [6.07, 6.45) is 5.65. The first-order chi connectivity index (χ1) is 10.3. The van der Waals surface area contributed by atoms with Gasteiger partial charge in [0.25, 0.3) is 0 Å². The Balaban J connectivity index is 2.19. The van der Waals surface area contributed by atoms with Gasteiger partial charge in [0, 0.05) is 34.0 Å². The first-order valence-electron chi connectivity index (χ1n) is 6.97. The average molecular weight is 342 g/mol. The van der Waals surface area contributed by atoms with Gasteiger partial charge in [0.05, 0.1) is 11.7 Å². The molecule has 1 unspecified atom stereocenters. The van der Waals surface area contributed by atoms with E-state index in [0.717, 1.165) is 27.7 Å². The number of benzene rings is 1. The molecule has 1 atom stereocenters. The molecule has 2 heterocycles. The minimum atomic E-state index is 0.0178. The Labute approximate surface area is 132 Å². The highest BCUT2D eigenvalue weighted by Gasteiger charge is 2.19. The Hall–Kier alpha value is -1.78. The second-order valence-electron chi connectivity index (χ2n) is 4.81. The number of pyridine rings is 2. The van der Waals surface area contributed by atoms with E-state index < -0.39 is 0 Å². The van der Waals surface area contributed by atoms with Crippen molar-refractivity contribution in [2.75, 3.05) is 6.54 Å². The van der Waals surface area contributed by atoms with Gasteiger partial charge in [-0.25, -0.2) is 0 Å². The molecule has 1 aromatic carbocycles. The molecule has 3 rings (SSSR count). The number of nitrogens with zero attached hydrogens (tertiary/aromatic N) is 2. The quantitative estimate of drug-likeness (QED) is 0.776. The van der Waals surface area contributed by atoms with Crippen LogP contribution in [0.4, 0.5) is 0 Å². The average Bonchev–Trinajstić information content (AvgIpc) is 2.53. The molecule has 0 saturated carbocycles. The molecule has 106 valence electrons. The molecule has 0 amide bonds. The number of fused-ring (bicyclic) bond motifs is 1. The van der Waals surface area contributed by atoms with Crippen LogP contribution >= 0.6 is 15.9 Å². The van der Waals surface area contributed by atoms with Gasteiger partial charge in [-0.05, 0) is 40.0 Å². The summed E-state index contributed by atoms with van der Waals surface area (Å²) in [6.45, 7) is 2.96. The molecule has 0 fully saturated rings. The van der Waals surface area contributed by atoms with Crippen LogP contribution in [0, 0.1) is 0 Å². The molecule has 0 aliphatic heterocycles. The lowest BCUT2D eigenvalue weighted by atomic mass is 9.99. The molecule has 0 bridgehead atoms. The maximum Gasteiger partial charge on any atom is 0.0783 e. The SMILES string of the molecule is CCNC(c1ncccc1Br)c1cncc2ccccc12. The van der Waals surface area contributed by atoms with Crippen molar-refractivity contribution in [2.45, 2.75) is 13.0 Å². The number of rotatable bonds is 4. The van der Waals surface area contributed by atoms with Gasteiger partial charge in [0.1, 0.15) is 0 Å². The van der Waals surface area contributed by atoms with E-state index in [0.29, 0.717) is 0 Å². The minimum absolute atomic E-state index is 0.0178. The van der Waals surface area contributed by atoms with Gasteiger partial charge in [-0.3, -0.25) is 9.97 Å². The Morgan fingerprint density at radius 1 is 1.14 bits per heavy atom. The fraction of sp³-hybridized carbons (Fsp3) is 0.176. The van der Waals surface area contributed by atoms with Gasteiger partial charge in [-0.2, -0.15) is 0 Å². The molecule has 0 aliphatic rings. The van der Waals surface area contributed by atoms with E-state index in [2.05, 4.69) is 56.3 Å². The highest BCUT2D eigenvalue weighted by Crippen LogP contribution is 2.30. The smallest absolute Gasteiger partial charge is 0.0783 e. The van der Waals surface area contributed by atoms with Gasteiger partial charge in [0.15, 0.2) is 0 Å². The van der Waals surface area contributed by atoms with Crippen molar-refractivity contribution in [3.8, 4) is 0 Å². The maximum atomic E-state index is 4.54. The standard InChI is InChI=1S/C17H16BrN3/c1-2-20-16(17-15(18)8-5-9-21-17)14-11-19-10-12-6-3-4-7-13(12)14/h3-11,16,20H,2H2,1H3. The van der Waals surface area contributed by atoms with E-state index in [1.165, 1.54) is 5.39 Å². The summed E-state index contributed by atoms with van der Waals surface area (Å²) >= 11 is 3.61. The number of hydrogen-bond acceptors (Lipinski definition) is 3. The Morgan fingerprint density at radius 2 is 2.00 bits per heavy atom. The van der Waals surface area contributed by atoms with Crippen molar-refractivity contribution in [1.29, 1.82) is 0 Å². The number of halogens is 1. The van der Waals surface area contributed by atoms with Gasteiger partial charge in [-0.1, -0.05) is 31.2 Å². The van der Waals surface area contributed by atoms with Gasteiger partial charge >= 0.3 is 0 Å². The van der Waals surface area contributed by atoms with E-state index in [9.17, 15) is 0 Å². The fourth-order valence-corrected chi connectivity index (χ4v) is 3.02. The topological polar surface area (TPSA) is 37.8 Å². The molecule has 1 N–H and O–H groups in total. The zero-order chi connectivity index (χ0) is 14.7. The summed E-state index contributed by atoms with van der Waals surface area (Å²) in [7, 11) is 0. The Morgan fingerprint density at radius 3 is 2.81 bits per heavy atom. The van der Waals surface area contributed by atoms with E-state index >= 15 is 0 Å². The number of nitrogens with one attached hydrogen (secondary N) is 1. The summed E-state index contributed by atoms with van der Waals surface area (Å²) < 4.78 is 1.00. The third-order valence-corrected chi connectivity index (χ3v) is 4.15. The lowest BCUT2D eigenvalue weighted by Gasteiger charge is -2.20. The van der Waals surface area contributed by atoms with E-state index in [1.54, 1.807) is 0 Å². The molecular formula is C17H16BrN3. The highest BCUT2D eigenvalue weighted by molar-refractivity contribution is 9.10. The van der Waals surface area contributed by atoms with Crippen LogP contribution in [0.25, 0.3) is 10.8 Å². The predicted molar refractivity (Wildman–Crippen MR) is 89.2 cm³/mol.